The summed E-state index contributed by atoms with van der Waals surface area (Å²) in [5, 5.41) is 3.13. The number of carbonyl (C=O) groups excluding carboxylic acids is 1. The average molecular weight is 313 g/mol. The van der Waals surface area contributed by atoms with Gasteiger partial charge in [-0.1, -0.05) is 25.6 Å². The van der Waals surface area contributed by atoms with E-state index in [4.69, 9.17) is 0 Å². The highest BCUT2D eigenvalue weighted by molar-refractivity contribution is 8.04. The number of anilines is 1. The molecule has 0 unspecified atom stereocenters. The van der Waals surface area contributed by atoms with Crippen LogP contribution in [0.5, 0.6) is 0 Å². The normalized spacial score (nSPS) is 20.7. The van der Waals surface area contributed by atoms with Gasteiger partial charge in [0.05, 0.1) is 16.2 Å². The maximum atomic E-state index is 12.8. The third kappa shape index (κ3) is 2.69. The summed E-state index contributed by atoms with van der Waals surface area (Å²) in [5.41, 5.74) is 0.654. The third-order valence-electron chi connectivity index (χ3n) is 3.63. The second kappa shape index (κ2) is 4.53. The van der Waals surface area contributed by atoms with E-state index in [1.165, 1.54) is 6.07 Å². The molecule has 0 amide bonds. The van der Waals surface area contributed by atoms with E-state index in [9.17, 15) is 18.0 Å². The van der Waals surface area contributed by atoms with Gasteiger partial charge in [0.2, 0.25) is 0 Å². The lowest BCUT2D eigenvalue weighted by molar-refractivity contribution is -0.137. The molecular formula is C15H14F3NOS. The Labute approximate surface area is 124 Å². The van der Waals surface area contributed by atoms with Crippen molar-refractivity contribution >= 4 is 23.2 Å². The molecule has 2 aliphatic rings. The summed E-state index contributed by atoms with van der Waals surface area (Å²) in [6.07, 6.45) is -3.22. The van der Waals surface area contributed by atoms with Crippen LogP contribution in [0.15, 0.2) is 33.7 Å². The first-order valence-electron chi connectivity index (χ1n) is 6.58. The lowest BCUT2D eigenvalue weighted by Gasteiger charge is -2.35. The van der Waals surface area contributed by atoms with E-state index in [-0.39, 0.29) is 11.2 Å². The van der Waals surface area contributed by atoms with Crippen LogP contribution in [-0.4, -0.2) is 5.78 Å². The number of hydrogen-bond donors (Lipinski definition) is 1. The van der Waals surface area contributed by atoms with Crippen LogP contribution in [0.4, 0.5) is 18.9 Å². The summed E-state index contributed by atoms with van der Waals surface area (Å²) in [5.74, 6) is 0.00168. The minimum absolute atomic E-state index is 0.00168. The summed E-state index contributed by atoms with van der Waals surface area (Å²) in [6.45, 7) is 4.03. The Balaban J connectivity index is 1.98. The number of allylic oxidation sites excluding steroid dienone is 2. The number of ketones is 1. The van der Waals surface area contributed by atoms with Gasteiger partial charge < -0.3 is 5.32 Å². The fourth-order valence-electron chi connectivity index (χ4n) is 2.68. The van der Waals surface area contributed by atoms with Gasteiger partial charge >= 0.3 is 6.18 Å². The Kier molecular flexibility index (Phi) is 3.13. The van der Waals surface area contributed by atoms with Crippen LogP contribution in [0.3, 0.4) is 0 Å². The highest BCUT2D eigenvalue weighted by Crippen LogP contribution is 2.49. The van der Waals surface area contributed by atoms with Gasteiger partial charge in [0, 0.05) is 17.0 Å². The fraction of sp³-hybridized carbons (Fsp3) is 0.400. The SMILES string of the molecule is CC1(C)CC(=O)C2=C(C1)Nc1ccc(C(F)(F)F)cc1S2. The molecule has 1 aromatic rings. The Morgan fingerprint density at radius 3 is 2.62 bits per heavy atom. The van der Waals surface area contributed by atoms with Gasteiger partial charge in [-0.2, -0.15) is 13.2 Å². The fourth-order valence-corrected chi connectivity index (χ4v) is 3.75. The average Bonchev–Trinajstić information content (AvgIpc) is 2.34. The van der Waals surface area contributed by atoms with Crippen molar-refractivity contribution in [2.75, 3.05) is 5.32 Å². The van der Waals surface area contributed by atoms with E-state index in [1.54, 1.807) is 0 Å². The molecule has 0 saturated heterocycles. The van der Waals surface area contributed by atoms with Gasteiger partial charge in [-0.15, -0.1) is 0 Å². The van der Waals surface area contributed by atoms with Crippen LogP contribution in [0, 0.1) is 5.41 Å². The predicted octanol–water partition coefficient (Wildman–Crippen LogP) is 4.82. The molecule has 0 bridgehead atoms. The maximum absolute atomic E-state index is 12.8. The van der Waals surface area contributed by atoms with Crippen molar-refractivity contribution < 1.29 is 18.0 Å². The zero-order chi connectivity index (χ0) is 15.4. The summed E-state index contributed by atoms with van der Waals surface area (Å²) in [4.78, 5) is 13.2. The van der Waals surface area contributed by atoms with Crippen LogP contribution < -0.4 is 5.32 Å². The summed E-state index contributed by atoms with van der Waals surface area (Å²) < 4.78 is 38.3. The van der Waals surface area contributed by atoms with Crippen molar-refractivity contribution in [3.05, 3.63) is 34.4 Å². The van der Waals surface area contributed by atoms with E-state index in [2.05, 4.69) is 5.32 Å². The number of alkyl halides is 3. The van der Waals surface area contributed by atoms with Crippen LogP contribution in [-0.2, 0) is 11.0 Å². The van der Waals surface area contributed by atoms with E-state index >= 15 is 0 Å². The molecular weight excluding hydrogens is 299 g/mol. The number of rotatable bonds is 0. The first-order valence-corrected chi connectivity index (χ1v) is 7.40. The third-order valence-corrected chi connectivity index (χ3v) is 4.86. The number of Topliss-reactive ketones (excluding diaryl/α,β-unsaturated/α-hetero) is 1. The van der Waals surface area contributed by atoms with Gasteiger partial charge in [0.25, 0.3) is 0 Å². The van der Waals surface area contributed by atoms with Crippen molar-refractivity contribution in [1.29, 1.82) is 0 Å². The highest BCUT2D eigenvalue weighted by atomic mass is 32.2. The van der Waals surface area contributed by atoms with Crippen molar-refractivity contribution in [2.24, 2.45) is 5.41 Å². The van der Waals surface area contributed by atoms with Crippen molar-refractivity contribution in [3.63, 3.8) is 0 Å². The topological polar surface area (TPSA) is 29.1 Å². The molecule has 0 spiro atoms. The van der Waals surface area contributed by atoms with Gasteiger partial charge in [0.1, 0.15) is 0 Å². The van der Waals surface area contributed by atoms with Gasteiger partial charge in [0.15, 0.2) is 5.78 Å². The number of benzene rings is 1. The Hall–Kier alpha value is -1.43. The molecule has 0 fully saturated rings. The maximum Gasteiger partial charge on any atom is 0.416 e. The number of halogens is 3. The molecule has 1 aliphatic carbocycles. The number of thioether (sulfide) groups is 1. The quantitative estimate of drug-likeness (QED) is 0.744. The molecule has 0 saturated carbocycles. The van der Waals surface area contributed by atoms with Crippen LogP contribution in [0.2, 0.25) is 0 Å². The monoisotopic (exact) mass is 313 g/mol. The molecule has 0 radical (unpaired) electrons. The van der Waals surface area contributed by atoms with E-state index in [0.29, 0.717) is 21.9 Å². The second-order valence-corrected chi connectivity index (χ2v) is 7.24. The summed E-state index contributed by atoms with van der Waals surface area (Å²) in [7, 11) is 0. The second-order valence-electron chi connectivity index (χ2n) is 6.18. The van der Waals surface area contributed by atoms with Gasteiger partial charge in [-0.3, -0.25) is 4.79 Å². The standard InChI is InChI=1S/C15H14F3NOS/c1-14(2)6-10-13(11(20)7-14)21-12-5-8(15(16,17)18)3-4-9(12)19-10/h3-5,19H,6-7H2,1-2H3. The molecule has 112 valence electrons. The first kappa shape index (κ1) is 14.5. The van der Waals surface area contributed by atoms with E-state index < -0.39 is 11.7 Å². The molecule has 1 N–H and O–H groups in total. The Morgan fingerprint density at radius 1 is 1.24 bits per heavy atom. The smallest absolute Gasteiger partial charge is 0.357 e. The van der Waals surface area contributed by atoms with Crippen molar-refractivity contribution in [2.45, 2.75) is 37.8 Å². The minimum atomic E-state index is -4.37. The number of hydrogen-bond acceptors (Lipinski definition) is 3. The summed E-state index contributed by atoms with van der Waals surface area (Å²) in [6, 6.07) is 3.60. The molecule has 6 heteroatoms. The minimum Gasteiger partial charge on any atom is -0.357 e. The molecule has 1 heterocycles. The lowest BCUT2D eigenvalue weighted by atomic mass is 9.78. The van der Waals surface area contributed by atoms with E-state index in [1.807, 2.05) is 13.8 Å². The zero-order valence-electron chi connectivity index (χ0n) is 11.6. The Morgan fingerprint density at radius 2 is 1.95 bits per heavy atom. The van der Waals surface area contributed by atoms with Gasteiger partial charge in [-0.25, -0.2) is 0 Å². The van der Waals surface area contributed by atoms with E-state index in [0.717, 1.165) is 36.0 Å². The van der Waals surface area contributed by atoms with Crippen LogP contribution in [0.25, 0.3) is 0 Å². The van der Waals surface area contributed by atoms with Crippen molar-refractivity contribution in [3.8, 4) is 0 Å². The highest BCUT2D eigenvalue weighted by Gasteiger charge is 2.37. The predicted molar refractivity (Wildman–Crippen MR) is 76.0 cm³/mol. The lowest BCUT2D eigenvalue weighted by Crippen LogP contribution is -2.29. The largest absolute Gasteiger partial charge is 0.416 e. The van der Waals surface area contributed by atoms with Gasteiger partial charge in [-0.05, 0) is 30.0 Å². The van der Waals surface area contributed by atoms with Crippen LogP contribution >= 0.6 is 11.8 Å². The number of fused-ring (bicyclic) bond motifs is 1. The molecule has 3 rings (SSSR count). The number of nitrogens with one attached hydrogen (secondary N) is 1. The molecule has 0 aromatic heterocycles. The molecule has 2 nitrogen and oxygen atoms in total. The summed E-state index contributed by atoms with van der Waals surface area (Å²) >= 11 is 1.15. The zero-order valence-corrected chi connectivity index (χ0v) is 12.4. The number of carbonyl (C=O) groups is 1. The molecule has 1 aromatic carbocycles. The van der Waals surface area contributed by atoms with Crippen LogP contribution in [0.1, 0.15) is 32.3 Å². The Bertz CT molecular complexity index is 661. The first-order chi connectivity index (χ1) is 9.66. The van der Waals surface area contributed by atoms with Crippen molar-refractivity contribution in [1.82, 2.24) is 0 Å². The molecule has 1 aliphatic heterocycles. The molecule has 21 heavy (non-hydrogen) atoms. The molecule has 0 atom stereocenters.